The summed E-state index contributed by atoms with van der Waals surface area (Å²) in [5.74, 6) is 6.87. The summed E-state index contributed by atoms with van der Waals surface area (Å²) < 4.78 is 5.55. The minimum Gasteiger partial charge on any atom is -0.481 e. The highest BCUT2D eigenvalue weighted by molar-refractivity contribution is 5.81. The number of pyridine rings is 1. The fraction of sp³-hybridized carbons (Fsp3) is 0.294. The number of nitrogens with one attached hydrogen (secondary N) is 1. The lowest BCUT2D eigenvalue weighted by molar-refractivity contribution is -0.122. The van der Waals surface area contributed by atoms with E-state index in [4.69, 9.17) is 4.74 Å². The van der Waals surface area contributed by atoms with Crippen molar-refractivity contribution >= 4 is 16.8 Å². The number of amides is 1. The number of carbonyl (C=O) groups excluding carboxylic acids is 1. The van der Waals surface area contributed by atoms with E-state index in [-0.39, 0.29) is 11.8 Å². The zero-order chi connectivity index (χ0) is 14.5. The van der Waals surface area contributed by atoms with Gasteiger partial charge in [0.15, 0.2) is 0 Å². The zero-order valence-corrected chi connectivity index (χ0v) is 11.6. The number of nitrogens with zero attached hydrogens (tertiary/aromatic N) is 1. The van der Waals surface area contributed by atoms with Crippen molar-refractivity contribution in [3.05, 3.63) is 36.5 Å². The van der Waals surface area contributed by atoms with E-state index in [2.05, 4.69) is 22.1 Å². The smallest absolute Gasteiger partial charge is 0.223 e. The second-order valence-corrected chi connectivity index (χ2v) is 4.99. The summed E-state index contributed by atoms with van der Waals surface area (Å²) in [7, 11) is 0. The van der Waals surface area contributed by atoms with Crippen LogP contribution >= 0.6 is 0 Å². The van der Waals surface area contributed by atoms with Gasteiger partial charge in [-0.2, -0.15) is 0 Å². The molecule has 3 rings (SSSR count). The largest absolute Gasteiger partial charge is 0.481 e. The molecule has 1 N–H and O–H groups in total. The molecule has 106 valence electrons. The van der Waals surface area contributed by atoms with Crippen molar-refractivity contribution in [1.82, 2.24) is 10.3 Å². The van der Waals surface area contributed by atoms with Gasteiger partial charge in [0.1, 0.15) is 12.4 Å². The lowest BCUT2D eigenvalue weighted by Crippen LogP contribution is -2.24. The van der Waals surface area contributed by atoms with Gasteiger partial charge in [0.05, 0.1) is 12.1 Å². The molecule has 1 amide bonds. The molecule has 2 aromatic rings. The quantitative estimate of drug-likeness (QED) is 0.873. The van der Waals surface area contributed by atoms with Crippen LogP contribution in [-0.4, -0.2) is 24.0 Å². The van der Waals surface area contributed by atoms with Crippen LogP contribution in [0.4, 0.5) is 0 Å². The number of hydrogen-bond donors (Lipinski definition) is 1. The van der Waals surface area contributed by atoms with Gasteiger partial charge in [-0.3, -0.25) is 9.78 Å². The van der Waals surface area contributed by atoms with E-state index >= 15 is 0 Å². The Bertz CT molecular complexity index is 711. The van der Waals surface area contributed by atoms with E-state index < -0.39 is 0 Å². The van der Waals surface area contributed by atoms with E-state index in [1.54, 1.807) is 6.20 Å². The summed E-state index contributed by atoms with van der Waals surface area (Å²) in [5, 5.41) is 3.87. The van der Waals surface area contributed by atoms with Crippen molar-refractivity contribution < 1.29 is 9.53 Å². The van der Waals surface area contributed by atoms with Crippen molar-refractivity contribution in [1.29, 1.82) is 0 Å². The molecule has 0 saturated heterocycles. The number of fused-ring (bicyclic) bond motifs is 1. The predicted octanol–water partition coefficient (Wildman–Crippen LogP) is 2.14. The third kappa shape index (κ3) is 3.73. The first-order valence-corrected chi connectivity index (χ1v) is 7.04. The zero-order valence-electron chi connectivity index (χ0n) is 11.6. The molecule has 1 heterocycles. The Balaban J connectivity index is 1.46. The lowest BCUT2D eigenvalue weighted by atomic mass is 10.2. The molecule has 1 aromatic heterocycles. The van der Waals surface area contributed by atoms with Gasteiger partial charge in [0, 0.05) is 23.6 Å². The molecule has 1 aliphatic carbocycles. The molecule has 1 fully saturated rings. The maximum absolute atomic E-state index is 11.4. The second kappa shape index (κ2) is 6.27. The van der Waals surface area contributed by atoms with Gasteiger partial charge in [0.2, 0.25) is 5.91 Å². The SMILES string of the molecule is O=C(NCC#CCOc1ccc2cccnc2c1)C1CC1. The second-order valence-electron chi connectivity index (χ2n) is 4.99. The van der Waals surface area contributed by atoms with Gasteiger partial charge < -0.3 is 10.1 Å². The molecule has 0 radical (unpaired) electrons. The number of rotatable bonds is 4. The summed E-state index contributed by atoms with van der Waals surface area (Å²) in [6, 6.07) is 9.69. The van der Waals surface area contributed by atoms with Crippen LogP contribution in [0.15, 0.2) is 36.5 Å². The van der Waals surface area contributed by atoms with Crippen LogP contribution in [0, 0.1) is 17.8 Å². The maximum Gasteiger partial charge on any atom is 0.223 e. The van der Waals surface area contributed by atoms with Crippen LogP contribution in [-0.2, 0) is 4.79 Å². The fourth-order valence-electron chi connectivity index (χ4n) is 1.99. The summed E-state index contributed by atoms with van der Waals surface area (Å²) in [4.78, 5) is 15.6. The monoisotopic (exact) mass is 280 g/mol. The highest BCUT2D eigenvalue weighted by Crippen LogP contribution is 2.28. The summed E-state index contributed by atoms with van der Waals surface area (Å²) in [6.07, 6.45) is 3.78. The van der Waals surface area contributed by atoms with E-state index in [9.17, 15) is 4.79 Å². The number of ether oxygens (including phenoxy) is 1. The lowest BCUT2D eigenvalue weighted by Gasteiger charge is -2.03. The van der Waals surface area contributed by atoms with Crippen LogP contribution < -0.4 is 10.1 Å². The molecule has 4 nitrogen and oxygen atoms in total. The summed E-state index contributed by atoms with van der Waals surface area (Å²) in [6.45, 7) is 0.690. The molecule has 0 spiro atoms. The molecule has 1 aromatic carbocycles. The van der Waals surface area contributed by atoms with E-state index in [0.29, 0.717) is 13.2 Å². The molecular formula is C17H16N2O2. The minimum absolute atomic E-state index is 0.117. The average molecular weight is 280 g/mol. The molecule has 1 saturated carbocycles. The average Bonchev–Trinajstić information content (AvgIpc) is 3.35. The third-order valence-corrected chi connectivity index (χ3v) is 3.31. The molecule has 1 aliphatic rings. The van der Waals surface area contributed by atoms with Crippen LogP contribution in [0.5, 0.6) is 5.75 Å². The van der Waals surface area contributed by atoms with Crippen molar-refractivity contribution in [2.75, 3.05) is 13.2 Å². The number of aromatic nitrogens is 1. The van der Waals surface area contributed by atoms with Gasteiger partial charge in [0.25, 0.3) is 0 Å². The van der Waals surface area contributed by atoms with Crippen molar-refractivity contribution in [3.63, 3.8) is 0 Å². The Morgan fingerprint density at radius 3 is 3.10 bits per heavy atom. The maximum atomic E-state index is 11.4. The van der Waals surface area contributed by atoms with Crippen LogP contribution in [0.3, 0.4) is 0 Å². The molecule has 4 heteroatoms. The summed E-state index contributed by atoms with van der Waals surface area (Å²) >= 11 is 0. The van der Waals surface area contributed by atoms with Gasteiger partial charge in [-0.15, -0.1) is 0 Å². The normalized spacial score (nSPS) is 13.3. The standard InChI is InChI=1S/C17H16N2O2/c20-17(14-5-6-14)19-9-1-2-11-21-15-8-7-13-4-3-10-18-16(13)12-15/h3-4,7-8,10,12,14H,5-6,9,11H2,(H,19,20). The summed E-state index contributed by atoms with van der Waals surface area (Å²) in [5.41, 5.74) is 0.902. The van der Waals surface area contributed by atoms with Gasteiger partial charge >= 0.3 is 0 Å². The Hall–Kier alpha value is -2.54. The first-order chi connectivity index (χ1) is 10.3. The van der Waals surface area contributed by atoms with Crippen molar-refractivity contribution in [2.24, 2.45) is 5.92 Å². The first kappa shape index (κ1) is 13.4. The highest BCUT2D eigenvalue weighted by atomic mass is 16.5. The van der Waals surface area contributed by atoms with Crippen molar-refractivity contribution in [2.45, 2.75) is 12.8 Å². The fourth-order valence-corrected chi connectivity index (χ4v) is 1.99. The van der Waals surface area contributed by atoms with Gasteiger partial charge in [-0.1, -0.05) is 17.9 Å². The minimum atomic E-state index is 0.117. The Labute approximate surface area is 123 Å². The highest BCUT2D eigenvalue weighted by Gasteiger charge is 2.28. The van der Waals surface area contributed by atoms with Gasteiger partial charge in [-0.05, 0) is 31.0 Å². The van der Waals surface area contributed by atoms with Crippen LogP contribution in [0.2, 0.25) is 0 Å². The molecule has 0 aliphatic heterocycles. The third-order valence-electron chi connectivity index (χ3n) is 3.31. The number of hydrogen-bond acceptors (Lipinski definition) is 3. The Kier molecular flexibility index (Phi) is 4.02. The first-order valence-electron chi connectivity index (χ1n) is 7.04. The Morgan fingerprint density at radius 2 is 2.24 bits per heavy atom. The molecule has 21 heavy (non-hydrogen) atoms. The molecular weight excluding hydrogens is 264 g/mol. The topological polar surface area (TPSA) is 51.2 Å². The number of benzene rings is 1. The molecule has 0 bridgehead atoms. The number of carbonyl (C=O) groups is 1. The van der Waals surface area contributed by atoms with Crippen molar-refractivity contribution in [3.8, 4) is 17.6 Å². The van der Waals surface area contributed by atoms with E-state index in [1.807, 2.05) is 30.3 Å². The van der Waals surface area contributed by atoms with E-state index in [0.717, 1.165) is 29.5 Å². The Morgan fingerprint density at radius 1 is 1.33 bits per heavy atom. The van der Waals surface area contributed by atoms with E-state index in [1.165, 1.54) is 0 Å². The van der Waals surface area contributed by atoms with Gasteiger partial charge in [-0.25, -0.2) is 0 Å². The molecule has 0 atom stereocenters. The van der Waals surface area contributed by atoms with Crippen LogP contribution in [0.1, 0.15) is 12.8 Å². The molecule has 0 unspecified atom stereocenters. The predicted molar refractivity (Wildman–Crippen MR) is 80.7 cm³/mol. The van der Waals surface area contributed by atoms with Crippen LogP contribution in [0.25, 0.3) is 10.9 Å².